The number of hydrogen-bond donors (Lipinski definition) is 3. The Morgan fingerprint density at radius 3 is 2.22 bits per heavy atom. The molecule has 0 radical (unpaired) electrons. The Kier molecular flexibility index (Phi) is 6.59. The average Bonchev–Trinajstić information content (AvgIpc) is 2.91. The van der Waals surface area contributed by atoms with E-state index in [9.17, 15) is 22.8 Å². The molecule has 148 valence electrons. The van der Waals surface area contributed by atoms with Crippen LogP contribution in [-0.4, -0.2) is 49.7 Å². The number of carbonyl (C=O) groups is 3. The van der Waals surface area contributed by atoms with Crippen LogP contribution in [0.3, 0.4) is 0 Å². The third-order valence-electron chi connectivity index (χ3n) is 4.36. The lowest BCUT2D eigenvalue weighted by atomic mass is 10.0. The second-order valence-corrected chi connectivity index (χ2v) is 9.29. The van der Waals surface area contributed by atoms with Gasteiger partial charge in [0.15, 0.2) is 15.6 Å². The van der Waals surface area contributed by atoms with E-state index in [1.54, 1.807) is 38.1 Å². The quantitative estimate of drug-likeness (QED) is 0.628. The van der Waals surface area contributed by atoms with E-state index in [4.69, 9.17) is 0 Å². The summed E-state index contributed by atoms with van der Waals surface area (Å²) in [6.07, 6.45) is 0.372. The van der Waals surface area contributed by atoms with Gasteiger partial charge in [-0.15, -0.1) is 0 Å². The van der Waals surface area contributed by atoms with Crippen LogP contribution in [-0.2, 0) is 14.6 Å². The normalized spacial score (nSPS) is 19.3. The molecular weight excluding hydrogens is 370 g/mol. The van der Waals surface area contributed by atoms with E-state index in [1.807, 2.05) is 0 Å². The Morgan fingerprint density at radius 1 is 1.11 bits per heavy atom. The molecule has 0 saturated carbocycles. The highest BCUT2D eigenvalue weighted by atomic mass is 32.2. The van der Waals surface area contributed by atoms with Crippen molar-refractivity contribution in [1.82, 2.24) is 10.6 Å². The summed E-state index contributed by atoms with van der Waals surface area (Å²) in [4.78, 5) is 36.0. The molecule has 0 aliphatic carbocycles. The minimum Gasteiger partial charge on any atom is -0.334 e. The van der Waals surface area contributed by atoms with Gasteiger partial charge in [-0.3, -0.25) is 9.59 Å². The molecule has 3 amide bonds. The van der Waals surface area contributed by atoms with Crippen LogP contribution in [0.5, 0.6) is 0 Å². The van der Waals surface area contributed by atoms with Crippen LogP contribution in [0.1, 0.15) is 37.6 Å². The van der Waals surface area contributed by atoms with Crippen molar-refractivity contribution < 1.29 is 22.8 Å². The van der Waals surface area contributed by atoms with Crippen LogP contribution in [0.15, 0.2) is 24.3 Å². The van der Waals surface area contributed by atoms with E-state index in [-0.39, 0.29) is 23.2 Å². The van der Waals surface area contributed by atoms with Crippen molar-refractivity contribution >= 4 is 33.2 Å². The molecule has 1 aliphatic heterocycles. The first kappa shape index (κ1) is 20.9. The number of ketones is 1. The third-order valence-corrected chi connectivity index (χ3v) is 6.13. The van der Waals surface area contributed by atoms with E-state index in [2.05, 4.69) is 16.0 Å². The maximum atomic E-state index is 12.5. The maximum absolute atomic E-state index is 12.5. The summed E-state index contributed by atoms with van der Waals surface area (Å²) >= 11 is 0. The molecule has 1 aromatic carbocycles. The van der Waals surface area contributed by atoms with Gasteiger partial charge in [-0.05, 0) is 43.5 Å². The molecule has 27 heavy (non-hydrogen) atoms. The summed E-state index contributed by atoms with van der Waals surface area (Å²) in [5, 5.41) is 7.93. The van der Waals surface area contributed by atoms with Crippen LogP contribution in [0.25, 0.3) is 0 Å². The van der Waals surface area contributed by atoms with Crippen molar-refractivity contribution in [3.05, 3.63) is 29.8 Å². The van der Waals surface area contributed by atoms with E-state index in [0.717, 1.165) is 0 Å². The number of benzene rings is 1. The number of urea groups is 1. The Labute approximate surface area is 159 Å². The van der Waals surface area contributed by atoms with Gasteiger partial charge in [0.2, 0.25) is 5.91 Å². The van der Waals surface area contributed by atoms with Crippen molar-refractivity contribution in [2.24, 2.45) is 5.92 Å². The lowest BCUT2D eigenvalue weighted by Gasteiger charge is -2.23. The molecule has 1 aliphatic rings. The number of sulfone groups is 1. The molecule has 0 spiro atoms. The van der Waals surface area contributed by atoms with Crippen molar-refractivity contribution in [2.75, 3.05) is 16.8 Å². The second-order valence-electron chi connectivity index (χ2n) is 7.06. The third kappa shape index (κ3) is 6.06. The van der Waals surface area contributed by atoms with E-state index in [1.165, 1.54) is 6.92 Å². The highest BCUT2D eigenvalue weighted by Crippen LogP contribution is 2.13. The Bertz CT molecular complexity index is 818. The number of Topliss-reactive ketones (excluding diaryl/α,β-unsaturated/α-hetero) is 1. The summed E-state index contributed by atoms with van der Waals surface area (Å²) in [7, 11) is -3.10. The van der Waals surface area contributed by atoms with Gasteiger partial charge in [0.1, 0.15) is 6.04 Å². The highest BCUT2D eigenvalue weighted by molar-refractivity contribution is 7.91. The largest absolute Gasteiger partial charge is 0.334 e. The van der Waals surface area contributed by atoms with Crippen molar-refractivity contribution in [3.8, 4) is 0 Å². The maximum Gasteiger partial charge on any atom is 0.315 e. The van der Waals surface area contributed by atoms with Gasteiger partial charge in [-0.2, -0.15) is 0 Å². The van der Waals surface area contributed by atoms with Crippen molar-refractivity contribution in [1.29, 1.82) is 0 Å². The Hall–Kier alpha value is -2.42. The molecule has 1 fully saturated rings. The second kappa shape index (κ2) is 8.51. The predicted octanol–water partition coefficient (Wildman–Crippen LogP) is 1.34. The van der Waals surface area contributed by atoms with E-state index < -0.39 is 33.9 Å². The highest BCUT2D eigenvalue weighted by Gasteiger charge is 2.30. The van der Waals surface area contributed by atoms with E-state index >= 15 is 0 Å². The average molecular weight is 395 g/mol. The van der Waals surface area contributed by atoms with Gasteiger partial charge in [0.25, 0.3) is 0 Å². The molecule has 2 atom stereocenters. The Morgan fingerprint density at radius 2 is 1.74 bits per heavy atom. The zero-order chi connectivity index (χ0) is 20.2. The number of anilines is 1. The predicted molar refractivity (Wildman–Crippen MR) is 102 cm³/mol. The number of nitrogens with one attached hydrogen (secondary N) is 3. The molecule has 1 saturated heterocycles. The van der Waals surface area contributed by atoms with Crippen molar-refractivity contribution in [2.45, 2.75) is 39.3 Å². The topological polar surface area (TPSA) is 121 Å². The minimum atomic E-state index is -3.10. The van der Waals surface area contributed by atoms with Crippen LogP contribution < -0.4 is 16.0 Å². The smallest absolute Gasteiger partial charge is 0.315 e. The first-order valence-corrected chi connectivity index (χ1v) is 10.6. The fourth-order valence-corrected chi connectivity index (χ4v) is 4.49. The number of amides is 3. The molecule has 3 N–H and O–H groups in total. The van der Waals surface area contributed by atoms with E-state index in [0.29, 0.717) is 17.7 Å². The minimum absolute atomic E-state index is 0.0578. The summed E-state index contributed by atoms with van der Waals surface area (Å²) in [6, 6.07) is 4.66. The van der Waals surface area contributed by atoms with Gasteiger partial charge in [0.05, 0.1) is 11.5 Å². The molecule has 2 rings (SSSR count). The summed E-state index contributed by atoms with van der Waals surface area (Å²) < 4.78 is 22.9. The number of hydrogen-bond acceptors (Lipinski definition) is 5. The molecular formula is C18H25N3O5S. The molecule has 1 aromatic rings. The SMILES string of the molecule is CC(=O)c1ccc(NC(=O)[C@@H](NC(=O)NC2CCS(=O)(=O)C2)C(C)C)cc1. The van der Waals surface area contributed by atoms with Gasteiger partial charge < -0.3 is 16.0 Å². The Balaban J connectivity index is 1.96. The standard InChI is InChI=1S/C18H25N3O5S/c1-11(2)16(21-18(24)20-15-8-9-27(25,26)10-15)17(23)19-14-6-4-13(5-7-14)12(3)22/h4-7,11,15-16H,8-10H2,1-3H3,(H,19,23)(H2,20,21,24)/t15?,16-/m0/s1. The van der Waals surface area contributed by atoms with Gasteiger partial charge in [-0.25, -0.2) is 13.2 Å². The molecule has 0 aromatic heterocycles. The van der Waals surface area contributed by atoms with Gasteiger partial charge in [-0.1, -0.05) is 13.8 Å². The fraction of sp³-hybridized carbons (Fsp3) is 0.500. The molecule has 1 unspecified atom stereocenters. The van der Waals surface area contributed by atoms with Gasteiger partial charge in [0, 0.05) is 17.3 Å². The first-order chi connectivity index (χ1) is 12.6. The number of rotatable bonds is 6. The molecule has 0 bridgehead atoms. The zero-order valence-corrected chi connectivity index (χ0v) is 16.4. The van der Waals surface area contributed by atoms with Crippen LogP contribution in [0.2, 0.25) is 0 Å². The van der Waals surface area contributed by atoms with Crippen LogP contribution in [0, 0.1) is 5.92 Å². The molecule has 1 heterocycles. The monoisotopic (exact) mass is 395 g/mol. The van der Waals surface area contributed by atoms with Gasteiger partial charge >= 0.3 is 6.03 Å². The summed E-state index contributed by atoms with van der Waals surface area (Å²) in [5.41, 5.74) is 1.05. The molecule has 9 heteroatoms. The fourth-order valence-electron chi connectivity index (χ4n) is 2.82. The lowest BCUT2D eigenvalue weighted by Crippen LogP contribution is -2.52. The lowest BCUT2D eigenvalue weighted by molar-refractivity contribution is -0.118. The zero-order valence-electron chi connectivity index (χ0n) is 15.6. The summed E-state index contributed by atoms with van der Waals surface area (Å²) in [6.45, 7) is 5.05. The van der Waals surface area contributed by atoms with Crippen LogP contribution in [0.4, 0.5) is 10.5 Å². The number of carbonyl (C=O) groups excluding carboxylic acids is 3. The molecule has 8 nitrogen and oxygen atoms in total. The van der Waals surface area contributed by atoms with Crippen LogP contribution >= 0.6 is 0 Å². The van der Waals surface area contributed by atoms with Crippen molar-refractivity contribution in [3.63, 3.8) is 0 Å². The first-order valence-electron chi connectivity index (χ1n) is 8.76. The summed E-state index contributed by atoms with van der Waals surface area (Å²) in [5.74, 6) is -0.668.